The molecule has 0 aromatic heterocycles. The number of nitrogens with one attached hydrogen (secondary N) is 1. The first kappa shape index (κ1) is 15.7. The summed E-state index contributed by atoms with van der Waals surface area (Å²) in [6, 6.07) is 0. The van der Waals surface area contributed by atoms with Gasteiger partial charge in [-0.3, -0.25) is 5.43 Å². The largest absolute Gasteiger partial charge is 0.465 e. The van der Waals surface area contributed by atoms with E-state index in [1.54, 1.807) is 0 Å². The second kappa shape index (κ2) is 4.92. The van der Waals surface area contributed by atoms with E-state index in [1.165, 1.54) is 14.2 Å². The number of allylic oxidation sites excluding steroid dienone is 3. The SMILES string of the molecule is COC(=O)C1=NNC(OC(C)C)(C(=O)OC)C23C=CC=CC12C3. The van der Waals surface area contributed by atoms with Crippen LogP contribution in [0.1, 0.15) is 20.3 Å². The van der Waals surface area contributed by atoms with Crippen LogP contribution in [0.25, 0.3) is 0 Å². The van der Waals surface area contributed by atoms with Crippen molar-refractivity contribution in [3.8, 4) is 0 Å². The molecule has 0 amide bonds. The Morgan fingerprint density at radius 2 is 1.91 bits per heavy atom. The molecule has 3 atom stereocenters. The van der Waals surface area contributed by atoms with E-state index in [2.05, 4.69) is 10.5 Å². The van der Waals surface area contributed by atoms with Crippen molar-refractivity contribution in [2.75, 3.05) is 14.2 Å². The van der Waals surface area contributed by atoms with Crippen molar-refractivity contribution in [3.63, 3.8) is 0 Å². The number of methoxy groups -OCH3 is 2. The van der Waals surface area contributed by atoms with E-state index in [-0.39, 0.29) is 11.8 Å². The van der Waals surface area contributed by atoms with Crippen LogP contribution in [0.15, 0.2) is 29.4 Å². The Morgan fingerprint density at radius 1 is 1.22 bits per heavy atom. The van der Waals surface area contributed by atoms with E-state index in [9.17, 15) is 9.59 Å². The van der Waals surface area contributed by atoms with Gasteiger partial charge in [0.05, 0.1) is 31.2 Å². The molecule has 7 heteroatoms. The minimum Gasteiger partial charge on any atom is -0.465 e. The van der Waals surface area contributed by atoms with Gasteiger partial charge in [-0.2, -0.15) is 5.10 Å². The minimum absolute atomic E-state index is 0.243. The van der Waals surface area contributed by atoms with E-state index < -0.39 is 28.5 Å². The van der Waals surface area contributed by atoms with Crippen molar-refractivity contribution < 1.29 is 23.8 Å². The van der Waals surface area contributed by atoms with Crippen molar-refractivity contribution in [2.45, 2.75) is 32.1 Å². The molecule has 1 heterocycles. The van der Waals surface area contributed by atoms with Crippen LogP contribution in [-0.2, 0) is 23.8 Å². The number of nitrogens with zero attached hydrogens (tertiary/aromatic N) is 1. The Morgan fingerprint density at radius 3 is 2.52 bits per heavy atom. The number of carbonyl (C=O) groups is 2. The van der Waals surface area contributed by atoms with Gasteiger partial charge in [0.25, 0.3) is 5.72 Å². The molecule has 0 aromatic carbocycles. The van der Waals surface area contributed by atoms with Crippen LogP contribution in [0, 0.1) is 10.8 Å². The number of carbonyl (C=O) groups excluding carboxylic acids is 2. The summed E-state index contributed by atoms with van der Waals surface area (Å²) in [7, 11) is 2.61. The number of rotatable bonds is 4. The third-order valence-corrected chi connectivity index (χ3v) is 4.74. The van der Waals surface area contributed by atoms with Crippen LogP contribution in [0.3, 0.4) is 0 Å². The van der Waals surface area contributed by atoms with E-state index in [1.807, 2.05) is 38.2 Å². The minimum atomic E-state index is -1.48. The summed E-state index contributed by atoms with van der Waals surface area (Å²) in [6.45, 7) is 3.66. The molecule has 7 nitrogen and oxygen atoms in total. The summed E-state index contributed by atoms with van der Waals surface area (Å²) in [5.74, 6) is -1.09. The molecule has 0 radical (unpaired) electrons. The van der Waals surface area contributed by atoms with Gasteiger partial charge in [0.2, 0.25) is 0 Å². The first-order valence-electron chi connectivity index (χ1n) is 7.46. The maximum atomic E-state index is 12.6. The van der Waals surface area contributed by atoms with Gasteiger partial charge in [0.15, 0.2) is 5.71 Å². The van der Waals surface area contributed by atoms with Crippen molar-refractivity contribution in [1.29, 1.82) is 0 Å². The summed E-state index contributed by atoms with van der Waals surface area (Å²) < 4.78 is 15.8. The fourth-order valence-electron chi connectivity index (χ4n) is 3.74. The van der Waals surface area contributed by atoms with Crippen molar-refractivity contribution in [2.24, 2.45) is 15.9 Å². The summed E-state index contributed by atoms with van der Waals surface area (Å²) in [5.41, 5.74) is 0.0414. The fraction of sp³-hybridized carbons (Fsp3) is 0.562. The van der Waals surface area contributed by atoms with Gasteiger partial charge >= 0.3 is 11.9 Å². The van der Waals surface area contributed by atoms with Crippen LogP contribution in [0.4, 0.5) is 0 Å². The van der Waals surface area contributed by atoms with Crippen molar-refractivity contribution >= 4 is 17.7 Å². The molecule has 1 aliphatic heterocycles. The highest BCUT2D eigenvalue weighted by Gasteiger charge is 2.83. The highest BCUT2D eigenvalue weighted by Crippen LogP contribution is 2.74. The predicted molar refractivity (Wildman–Crippen MR) is 81.3 cm³/mol. The molecular formula is C16H20N2O5. The quantitative estimate of drug-likeness (QED) is 0.775. The molecule has 1 N–H and O–H groups in total. The normalized spacial score (nSPS) is 36.5. The maximum absolute atomic E-state index is 12.6. The van der Waals surface area contributed by atoms with Gasteiger partial charge in [0, 0.05) is 0 Å². The van der Waals surface area contributed by atoms with E-state index >= 15 is 0 Å². The number of hydrogen-bond acceptors (Lipinski definition) is 7. The van der Waals surface area contributed by atoms with Crippen molar-refractivity contribution in [3.05, 3.63) is 24.3 Å². The standard InChI is InChI=1S/C16H20N2O5/c1-10(2)23-16(13(20)22-4)15-8-6-5-7-14(15,9-15)11(17-18-16)12(19)21-3/h5-8,10,18H,9H2,1-4H3. The van der Waals surface area contributed by atoms with Gasteiger partial charge in [-0.25, -0.2) is 9.59 Å². The van der Waals surface area contributed by atoms with Gasteiger partial charge in [0.1, 0.15) is 0 Å². The van der Waals surface area contributed by atoms with Gasteiger partial charge in [-0.05, 0) is 20.3 Å². The zero-order valence-corrected chi connectivity index (χ0v) is 13.6. The molecule has 3 aliphatic rings. The average Bonchev–Trinajstić information content (AvgIpc) is 3.25. The topological polar surface area (TPSA) is 86.2 Å². The lowest BCUT2D eigenvalue weighted by Gasteiger charge is -2.43. The van der Waals surface area contributed by atoms with Crippen LogP contribution in [0.5, 0.6) is 0 Å². The lowest BCUT2D eigenvalue weighted by Crippen LogP contribution is -2.65. The summed E-state index contributed by atoms with van der Waals surface area (Å²) in [5, 5.41) is 4.15. The first-order valence-corrected chi connectivity index (χ1v) is 7.46. The highest BCUT2D eigenvalue weighted by atomic mass is 16.6. The molecule has 1 fully saturated rings. The van der Waals surface area contributed by atoms with E-state index in [0.717, 1.165) is 0 Å². The molecule has 0 bridgehead atoms. The molecule has 2 aliphatic carbocycles. The molecule has 3 rings (SSSR count). The van der Waals surface area contributed by atoms with Crippen LogP contribution < -0.4 is 5.43 Å². The van der Waals surface area contributed by atoms with Crippen LogP contribution in [-0.4, -0.2) is 43.7 Å². The molecule has 124 valence electrons. The molecular weight excluding hydrogens is 300 g/mol. The monoisotopic (exact) mass is 320 g/mol. The predicted octanol–water partition coefficient (Wildman–Crippen LogP) is 0.915. The van der Waals surface area contributed by atoms with Gasteiger partial charge < -0.3 is 14.2 Å². The Kier molecular flexibility index (Phi) is 3.37. The van der Waals surface area contributed by atoms with E-state index in [0.29, 0.717) is 6.42 Å². The Bertz CT molecular complexity index is 653. The average molecular weight is 320 g/mol. The Hall–Kier alpha value is -2.15. The molecule has 23 heavy (non-hydrogen) atoms. The van der Waals surface area contributed by atoms with Gasteiger partial charge in [-0.1, -0.05) is 24.3 Å². The molecule has 0 saturated heterocycles. The highest BCUT2D eigenvalue weighted by molar-refractivity contribution is 6.40. The molecule has 3 unspecified atom stereocenters. The molecule has 0 spiro atoms. The lowest BCUT2D eigenvalue weighted by atomic mass is 9.76. The van der Waals surface area contributed by atoms with Crippen LogP contribution >= 0.6 is 0 Å². The Balaban J connectivity index is 2.16. The van der Waals surface area contributed by atoms with Crippen LogP contribution in [0.2, 0.25) is 0 Å². The second-order valence-electron chi connectivity index (χ2n) is 6.24. The fourth-order valence-corrected chi connectivity index (χ4v) is 3.74. The zero-order valence-electron chi connectivity index (χ0n) is 13.6. The zero-order chi connectivity index (χ0) is 16.9. The van der Waals surface area contributed by atoms with E-state index in [4.69, 9.17) is 14.2 Å². The summed E-state index contributed by atoms with van der Waals surface area (Å²) in [4.78, 5) is 24.7. The van der Waals surface area contributed by atoms with Gasteiger partial charge in [-0.15, -0.1) is 0 Å². The molecule has 0 aromatic rings. The van der Waals surface area contributed by atoms with Crippen molar-refractivity contribution in [1.82, 2.24) is 5.43 Å². The third kappa shape index (κ3) is 1.77. The number of hydrazone groups is 1. The third-order valence-electron chi connectivity index (χ3n) is 4.74. The lowest BCUT2D eigenvalue weighted by molar-refractivity contribution is -0.196. The first-order chi connectivity index (χ1) is 10.9. The summed E-state index contributed by atoms with van der Waals surface area (Å²) >= 11 is 0. The smallest absolute Gasteiger partial charge is 0.361 e. The molecule has 1 saturated carbocycles. The number of hydrogen-bond donors (Lipinski definition) is 1. The number of esters is 2. The number of ether oxygens (including phenoxy) is 3. The Labute approximate surface area is 134 Å². The maximum Gasteiger partial charge on any atom is 0.361 e. The summed E-state index contributed by atoms with van der Waals surface area (Å²) in [6.07, 6.45) is 7.71. The second-order valence-corrected chi connectivity index (χ2v) is 6.24.